The Kier molecular flexibility index (Phi) is 3.97. The van der Waals surface area contributed by atoms with Gasteiger partial charge in [-0.2, -0.15) is 0 Å². The maximum Gasteiger partial charge on any atom is 0.0233 e. The third-order valence-corrected chi connectivity index (χ3v) is 3.41. The molecule has 2 nitrogen and oxygen atoms in total. The average molecular weight is 218 g/mol. The Hall–Kier alpha value is -0.860. The van der Waals surface area contributed by atoms with Crippen LogP contribution < -0.4 is 5.73 Å². The number of benzene rings is 1. The van der Waals surface area contributed by atoms with E-state index in [1.807, 2.05) is 0 Å². The van der Waals surface area contributed by atoms with Crippen LogP contribution in [0.2, 0.25) is 0 Å². The molecule has 0 bridgehead atoms. The van der Waals surface area contributed by atoms with E-state index in [2.05, 4.69) is 36.1 Å². The van der Waals surface area contributed by atoms with Crippen LogP contribution in [0, 0.1) is 5.92 Å². The van der Waals surface area contributed by atoms with Gasteiger partial charge < -0.3 is 5.73 Å². The standard InChI is InChI=1S/C14H22N2/c1-12-3-2-8-16(10-12)11-14-6-4-13(9-15)5-7-14/h4-7,12H,2-3,8-11,15H2,1H3/t12-/m1/s1. The fourth-order valence-electron chi connectivity index (χ4n) is 2.47. The van der Waals surface area contributed by atoms with E-state index in [9.17, 15) is 0 Å². The predicted molar refractivity (Wildman–Crippen MR) is 68.0 cm³/mol. The number of hydrogen-bond donors (Lipinski definition) is 1. The van der Waals surface area contributed by atoms with E-state index in [1.54, 1.807) is 0 Å². The molecule has 1 fully saturated rings. The van der Waals surface area contributed by atoms with Crippen molar-refractivity contribution in [1.82, 2.24) is 4.90 Å². The summed E-state index contributed by atoms with van der Waals surface area (Å²) in [7, 11) is 0. The Morgan fingerprint density at radius 3 is 2.56 bits per heavy atom. The minimum Gasteiger partial charge on any atom is -0.326 e. The predicted octanol–water partition coefficient (Wildman–Crippen LogP) is 2.38. The summed E-state index contributed by atoms with van der Waals surface area (Å²) in [6.07, 6.45) is 2.74. The van der Waals surface area contributed by atoms with Gasteiger partial charge in [-0.1, -0.05) is 31.2 Å². The van der Waals surface area contributed by atoms with E-state index in [-0.39, 0.29) is 0 Å². The molecule has 0 saturated carbocycles. The molecule has 0 radical (unpaired) electrons. The lowest BCUT2D eigenvalue weighted by molar-refractivity contribution is 0.176. The van der Waals surface area contributed by atoms with Crippen molar-refractivity contribution in [3.05, 3.63) is 35.4 Å². The molecule has 2 rings (SSSR count). The number of nitrogens with two attached hydrogens (primary N) is 1. The molecule has 1 aromatic carbocycles. The molecule has 1 atom stereocenters. The zero-order valence-electron chi connectivity index (χ0n) is 10.2. The third-order valence-electron chi connectivity index (χ3n) is 3.41. The fraction of sp³-hybridized carbons (Fsp3) is 0.571. The van der Waals surface area contributed by atoms with E-state index < -0.39 is 0 Å². The molecule has 2 heteroatoms. The Balaban J connectivity index is 1.92. The lowest BCUT2D eigenvalue weighted by Crippen LogP contribution is -2.33. The van der Waals surface area contributed by atoms with Gasteiger partial charge in [0.15, 0.2) is 0 Å². The van der Waals surface area contributed by atoms with E-state index in [4.69, 9.17) is 5.73 Å². The molecular weight excluding hydrogens is 196 g/mol. The molecule has 0 aliphatic carbocycles. The van der Waals surface area contributed by atoms with Gasteiger partial charge in [-0.15, -0.1) is 0 Å². The van der Waals surface area contributed by atoms with Crippen LogP contribution in [-0.2, 0) is 13.1 Å². The van der Waals surface area contributed by atoms with Gasteiger partial charge in [0.2, 0.25) is 0 Å². The molecule has 16 heavy (non-hydrogen) atoms. The Labute approximate surface area is 98.4 Å². The quantitative estimate of drug-likeness (QED) is 0.844. The molecule has 1 aromatic rings. The monoisotopic (exact) mass is 218 g/mol. The highest BCUT2D eigenvalue weighted by atomic mass is 15.1. The minimum atomic E-state index is 0.640. The van der Waals surface area contributed by atoms with Gasteiger partial charge in [0, 0.05) is 19.6 Å². The second-order valence-electron chi connectivity index (χ2n) is 5.00. The van der Waals surface area contributed by atoms with Gasteiger partial charge in [-0.25, -0.2) is 0 Å². The van der Waals surface area contributed by atoms with E-state index >= 15 is 0 Å². The minimum absolute atomic E-state index is 0.640. The molecule has 88 valence electrons. The number of piperidine rings is 1. The van der Waals surface area contributed by atoms with Crippen molar-refractivity contribution in [3.8, 4) is 0 Å². The van der Waals surface area contributed by atoms with Crippen molar-refractivity contribution in [2.75, 3.05) is 13.1 Å². The highest BCUT2D eigenvalue weighted by Crippen LogP contribution is 2.17. The van der Waals surface area contributed by atoms with Gasteiger partial charge in [0.1, 0.15) is 0 Å². The van der Waals surface area contributed by atoms with Gasteiger partial charge in [0.25, 0.3) is 0 Å². The molecule has 1 saturated heterocycles. The Morgan fingerprint density at radius 2 is 1.94 bits per heavy atom. The first-order chi connectivity index (χ1) is 7.78. The topological polar surface area (TPSA) is 29.3 Å². The van der Waals surface area contributed by atoms with Crippen LogP contribution in [0.4, 0.5) is 0 Å². The SMILES string of the molecule is C[C@@H]1CCCN(Cc2ccc(CN)cc2)C1. The van der Waals surface area contributed by atoms with Crippen LogP contribution in [-0.4, -0.2) is 18.0 Å². The number of rotatable bonds is 3. The van der Waals surface area contributed by atoms with Gasteiger partial charge in [-0.3, -0.25) is 4.90 Å². The summed E-state index contributed by atoms with van der Waals surface area (Å²) in [5.41, 5.74) is 8.22. The zero-order chi connectivity index (χ0) is 11.4. The first-order valence-electron chi connectivity index (χ1n) is 6.28. The van der Waals surface area contributed by atoms with E-state index in [1.165, 1.54) is 37.1 Å². The highest BCUT2D eigenvalue weighted by Gasteiger charge is 2.15. The maximum absolute atomic E-state index is 5.59. The second kappa shape index (κ2) is 5.46. The largest absolute Gasteiger partial charge is 0.326 e. The van der Waals surface area contributed by atoms with Crippen molar-refractivity contribution in [3.63, 3.8) is 0 Å². The van der Waals surface area contributed by atoms with E-state index in [0.29, 0.717) is 6.54 Å². The summed E-state index contributed by atoms with van der Waals surface area (Å²) in [6, 6.07) is 8.70. The normalized spacial score (nSPS) is 22.2. The summed E-state index contributed by atoms with van der Waals surface area (Å²) in [5.74, 6) is 0.858. The van der Waals surface area contributed by atoms with Crippen LogP contribution >= 0.6 is 0 Å². The van der Waals surface area contributed by atoms with Crippen molar-refractivity contribution in [1.29, 1.82) is 0 Å². The third kappa shape index (κ3) is 3.06. The van der Waals surface area contributed by atoms with Crippen molar-refractivity contribution < 1.29 is 0 Å². The van der Waals surface area contributed by atoms with Gasteiger partial charge in [0.05, 0.1) is 0 Å². The van der Waals surface area contributed by atoms with Crippen molar-refractivity contribution >= 4 is 0 Å². The van der Waals surface area contributed by atoms with Crippen LogP contribution in [0.1, 0.15) is 30.9 Å². The van der Waals surface area contributed by atoms with Crippen LogP contribution in [0.15, 0.2) is 24.3 Å². The molecular formula is C14H22N2. The van der Waals surface area contributed by atoms with Crippen LogP contribution in [0.25, 0.3) is 0 Å². The second-order valence-corrected chi connectivity index (χ2v) is 5.00. The molecule has 1 aliphatic heterocycles. The van der Waals surface area contributed by atoms with Crippen LogP contribution in [0.5, 0.6) is 0 Å². The summed E-state index contributed by atoms with van der Waals surface area (Å²) >= 11 is 0. The van der Waals surface area contributed by atoms with Crippen LogP contribution in [0.3, 0.4) is 0 Å². The molecule has 2 N–H and O–H groups in total. The zero-order valence-corrected chi connectivity index (χ0v) is 10.2. The summed E-state index contributed by atoms with van der Waals surface area (Å²) in [6.45, 7) is 6.58. The first kappa shape index (κ1) is 11.6. The van der Waals surface area contributed by atoms with Crippen molar-refractivity contribution in [2.24, 2.45) is 11.7 Å². The smallest absolute Gasteiger partial charge is 0.0233 e. The number of hydrogen-bond acceptors (Lipinski definition) is 2. The Morgan fingerprint density at radius 1 is 1.25 bits per heavy atom. The summed E-state index contributed by atoms with van der Waals surface area (Å²) in [5, 5.41) is 0. The number of nitrogens with zero attached hydrogens (tertiary/aromatic N) is 1. The number of likely N-dealkylation sites (tertiary alicyclic amines) is 1. The summed E-state index contributed by atoms with van der Waals surface area (Å²) < 4.78 is 0. The molecule has 1 aliphatic rings. The molecule has 0 aromatic heterocycles. The molecule has 0 amide bonds. The van der Waals surface area contributed by atoms with E-state index in [0.717, 1.165) is 12.5 Å². The first-order valence-corrected chi connectivity index (χ1v) is 6.28. The molecule has 1 heterocycles. The lowest BCUT2D eigenvalue weighted by Gasteiger charge is -2.30. The molecule has 0 spiro atoms. The lowest BCUT2D eigenvalue weighted by atomic mass is 9.99. The molecule has 0 unspecified atom stereocenters. The Bertz CT molecular complexity index is 318. The average Bonchev–Trinajstić information content (AvgIpc) is 2.30. The van der Waals surface area contributed by atoms with Gasteiger partial charge in [-0.05, 0) is 36.4 Å². The van der Waals surface area contributed by atoms with Gasteiger partial charge >= 0.3 is 0 Å². The highest BCUT2D eigenvalue weighted by molar-refractivity contribution is 5.22. The van der Waals surface area contributed by atoms with Crippen molar-refractivity contribution in [2.45, 2.75) is 32.9 Å². The summed E-state index contributed by atoms with van der Waals surface area (Å²) in [4.78, 5) is 2.56. The maximum atomic E-state index is 5.59. The fourth-order valence-corrected chi connectivity index (χ4v) is 2.47.